The molecule has 3 atom stereocenters. The Bertz CT molecular complexity index is 436. The van der Waals surface area contributed by atoms with Gasteiger partial charge in [0.25, 0.3) is 0 Å². The van der Waals surface area contributed by atoms with E-state index in [0.717, 1.165) is 24.9 Å². The quantitative estimate of drug-likeness (QED) is 0.905. The summed E-state index contributed by atoms with van der Waals surface area (Å²) >= 11 is 0. The van der Waals surface area contributed by atoms with Gasteiger partial charge in [-0.3, -0.25) is 9.58 Å². The zero-order valence-electron chi connectivity index (χ0n) is 13.6. The van der Waals surface area contributed by atoms with Crippen LogP contribution in [0.25, 0.3) is 0 Å². The third kappa shape index (κ3) is 3.67. The van der Waals surface area contributed by atoms with Gasteiger partial charge >= 0.3 is 0 Å². The van der Waals surface area contributed by atoms with E-state index < -0.39 is 0 Å². The molecule has 0 saturated carbocycles. The second-order valence-corrected chi connectivity index (χ2v) is 6.88. The fraction of sp³-hybridized carbons (Fsp3) is 0.824. The summed E-state index contributed by atoms with van der Waals surface area (Å²) in [5.74, 6) is 0.845. The van der Waals surface area contributed by atoms with E-state index >= 15 is 0 Å². The Morgan fingerprint density at radius 1 is 1.38 bits per heavy atom. The zero-order valence-corrected chi connectivity index (χ0v) is 13.6. The number of nitrogens with one attached hydrogen (secondary N) is 1. The Labute approximate surface area is 128 Å². The van der Waals surface area contributed by atoms with Crippen molar-refractivity contribution in [2.75, 3.05) is 19.6 Å². The van der Waals surface area contributed by atoms with Crippen LogP contribution in [0, 0.1) is 5.92 Å². The fourth-order valence-corrected chi connectivity index (χ4v) is 3.80. The lowest BCUT2D eigenvalue weighted by Crippen LogP contribution is -2.43. The SMILES string of the molecule is CCC(C)n1ccc(CN2CCCC(C3CCCN3)C2)n1. The van der Waals surface area contributed by atoms with Crippen LogP contribution < -0.4 is 5.32 Å². The summed E-state index contributed by atoms with van der Waals surface area (Å²) in [5.41, 5.74) is 1.23. The Kier molecular flexibility index (Phi) is 4.96. The second kappa shape index (κ2) is 6.93. The van der Waals surface area contributed by atoms with E-state index in [9.17, 15) is 0 Å². The molecule has 21 heavy (non-hydrogen) atoms. The van der Waals surface area contributed by atoms with Crippen LogP contribution in [0.15, 0.2) is 12.3 Å². The number of nitrogens with zero attached hydrogens (tertiary/aromatic N) is 3. The topological polar surface area (TPSA) is 33.1 Å². The van der Waals surface area contributed by atoms with Crippen LogP contribution >= 0.6 is 0 Å². The molecule has 4 nitrogen and oxygen atoms in total. The average Bonchev–Trinajstić information content (AvgIpc) is 3.18. The Morgan fingerprint density at radius 3 is 3.05 bits per heavy atom. The maximum atomic E-state index is 4.76. The highest BCUT2D eigenvalue weighted by Crippen LogP contribution is 2.25. The molecule has 0 spiro atoms. The monoisotopic (exact) mass is 290 g/mol. The lowest BCUT2D eigenvalue weighted by molar-refractivity contribution is 0.143. The average molecular weight is 290 g/mol. The standard InChI is InChI=1S/C17H30N4/c1-3-14(2)21-11-8-16(19-21)13-20-10-5-6-15(12-20)17-7-4-9-18-17/h8,11,14-15,17-18H,3-7,9-10,12-13H2,1-2H3. The summed E-state index contributed by atoms with van der Waals surface area (Å²) in [6.45, 7) is 9.18. The van der Waals surface area contributed by atoms with Crippen LogP contribution in [0.5, 0.6) is 0 Å². The molecule has 1 aromatic rings. The Morgan fingerprint density at radius 2 is 2.29 bits per heavy atom. The van der Waals surface area contributed by atoms with E-state index in [4.69, 9.17) is 5.10 Å². The van der Waals surface area contributed by atoms with Gasteiger partial charge < -0.3 is 5.32 Å². The van der Waals surface area contributed by atoms with E-state index in [0.29, 0.717) is 6.04 Å². The van der Waals surface area contributed by atoms with Gasteiger partial charge in [-0.2, -0.15) is 5.10 Å². The van der Waals surface area contributed by atoms with Crippen LogP contribution in [-0.2, 0) is 6.54 Å². The van der Waals surface area contributed by atoms with E-state index in [2.05, 4.69) is 41.0 Å². The normalized spacial score (nSPS) is 28.9. The first kappa shape index (κ1) is 15.0. The molecule has 0 amide bonds. The molecule has 1 aromatic heterocycles. The minimum absolute atomic E-state index is 0.510. The van der Waals surface area contributed by atoms with Crippen molar-refractivity contribution < 1.29 is 0 Å². The van der Waals surface area contributed by atoms with E-state index in [1.54, 1.807) is 0 Å². The first-order chi connectivity index (χ1) is 10.3. The molecule has 3 heterocycles. The van der Waals surface area contributed by atoms with E-state index in [1.165, 1.54) is 51.0 Å². The van der Waals surface area contributed by atoms with Crippen molar-refractivity contribution in [2.45, 2.75) is 64.6 Å². The predicted molar refractivity (Wildman–Crippen MR) is 86.3 cm³/mol. The number of hydrogen-bond acceptors (Lipinski definition) is 3. The third-order valence-electron chi connectivity index (χ3n) is 5.30. The molecule has 2 fully saturated rings. The smallest absolute Gasteiger partial charge is 0.0764 e. The third-order valence-corrected chi connectivity index (χ3v) is 5.30. The van der Waals surface area contributed by atoms with Crippen molar-refractivity contribution in [3.8, 4) is 0 Å². The van der Waals surface area contributed by atoms with Crippen molar-refractivity contribution in [3.05, 3.63) is 18.0 Å². The van der Waals surface area contributed by atoms with Crippen LogP contribution in [0.1, 0.15) is 57.7 Å². The molecule has 1 N–H and O–H groups in total. The number of likely N-dealkylation sites (tertiary alicyclic amines) is 1. The maximum absolute atomic E-state index is 4.76. The molecule has 2 aliphatic rings. The van der Waals surface area contributed by atoms with Gasteiger partial charge in [-0.25, -0.2) is 0 Å². The van der Waals surface area contributed by atoms with E-state index in [-0.39, 0.29) is 0 Å². The first-order valence-electron chi connectivity index (χ1n) is 8.76. The highest BCUT2D eigenvalue weighted by Gasteiger charge is 2.29. The Balaban J connectivity index is 1.55. The summed E-state index contributed by atoms with van der Waals surface area (Å²) in [6, 6.07) is 3.48. The van der Waals surface area contributed by atoms with Gasteiger partial charge in [-0.1, -0.05) is 6.92 Å². The van der Waals surface area contributed by atoms with Gasteiger partial charge in [-0.15, -0.1) is 0 Å². The van der Waals surface area contributed by atoms with Gasteiger partial charge in [-0.05, 0) is 64.1 Å². The molecule has 3 rings (SSSR count). The van der Waals surface area contributed by atoms with Gasteiger partial charge in [0.1, 0.15) is 0 Å². The highest BCUT2D eigenvalue weighted by molar-refractivity contribution is 5.00. The number of rotatable bonds is 5. The molecule has 118 valence electrons. The first-order valence-corrected chi connectivity index (χ1v) is 8.76. The lowest BCUT2D eigenvalue weighted by Gasteiger charge is -2.35. The summed E-state index contributed by atoms with van der Waals surface area (Å²) in [7, 11) is 0. The van der Waals surface area contributed by atoms with Crippen LogP contribution in [0.4, 0.5) is 0 Å². The molecule has 0 bridgehead atoms. The molecule has 0 aliphatic carbocycles. The van der Waals surface area contributed by atoms with Gasteiger partial charge in [0.2, 0.25) is 0 Å². The molecular weight excluding hydrogens is 260 g/mol. The fourth-order valence-electron chi connectivity index (χ4n) is 3.80. The van der Waals surface area contributed by atoms with Gasteiger partial charge in [0.05, 0.1) is 5.69 Å². The number of hydrogen-bond donors (Lipinski definition) is 1. The molecule has 4 heteroatoms. The van der Waals surface area contributed by atoms with Crippen molar-refractivity contribution in [2.24, 2.45) is 5.92 Å². The summed E-state index contributed by atoms with van der Waals surface area (Å²) in [6.07, 6.45) is 8.76. The minimum Gasteiger partial charge on any atom is -0.314 e. The molecule has 2 aliphatic heterocycles. The summed E-state index contributed by atoms with van der Waals surface area (Å²) in [5, 5.41) is 8.45. The molecule has 0 aromatic carbocycles. The predicted octanol–water partition coefficient (Wildman–Crippen LogP) is 2.82. The molecular formula is C17H30N4. The lowest BCUT2D eigenvalue weighted by atomic mass is 9.90. The van der Waals surface area contributed by atoms with Crippen LogP contribution in [0.3, 0.4) is 0 Å². The molecule has 3 unspecified atom stereocenters. The van der Waals surface area contributed by atoms with Crippen molar-refractivity contribution in [3.63, 3.8) is 0 Å². The molecule has 0 radical (unpaired) electrons. The highest BCUT2D eigenvalue weighted by atomic mass is 15.3. The van der Waals surface area contributed by atoms with Gasteiger partial charge in [0.15, 0.2) is 0 Å². The second-order valence-electron chi connectivity index (χ2n) is 6.88. The van der Waals surface area contributed by atoms with Crippen LogP contribution in [0.2, 0.25) is 0 Å². The Hall–Kier alpha value is -0.870. The largest absolute Gasteiger partial charge is 0.314 e. The zero-order chi connectivity index (χ0) is 14.7. The van der Waals surface area contributed by atoms with Gasteiger partial charge in [0, 0.05) is 31.4 Å². The number of piperidine rings is 1. The summed E-state index contributed by atoms with van der Waals surface area (Å²) < 4.78 is 2.12. The van der Waals surface area contributed by atoms with Crippen molar-refractivity contribution in [1.29, 1.82) is 0 Å². The summed E-state index contributed by atoms with van der Waals surface area (Å²) in [4.78, 5) is 2.61. The van der Waals surface area contributed by atoms with E-state index in [1.807, 2.05) is 0 Å². The minimum atomic E-state index is 0.510. The van der Waals surface area contributed by atoms with Crippen molar-refractivity contribution >= 4 is 0 Å². The molecule has 2 saturated heterocycles. The van der Waals surface area contributed by atoms with Crippen molar-refractivity contribution in [1.82, 2.24) is 20.0 Å². The van der Waals surface area contributed by atoms with Crippen LogP contribution in [-0.4, -0.2) is 40.4 Å². The maximum Gasteiger partial charge on any atom is 0.0764 e. The number of aromatic nitrogens is 2.